The Morgan fingerprint density at radius 3 is 2.84 bits per heavy atom. The molecule has 0 aliphatic heterocycles. The normalized spacial score (nSPS) is 10.9. The van der Waals surface area contributed by atoms with Crippen molar-refractivity contribution in [1.82, 2.24) is 15.0 Å². The Morgan fingerprint density at radius 1 is 1.37 bits per heavy atom. The molecule has 0 saturated carbocycles. The number of carbonyl (C=O) groups excluding carboxylic acids is 1. The number of ether oxygens (including phenoxy) is 1. The maximum absolute atomic E-state index is 11.3. The molecule has 19 heavy (non-hydrogen) atoms. The van der Waals surface area contributed by atoms with Gasteiger partial charge in [-0.05, 0) is 20.1 Å². The second-order valence-corrected chi connectivity index (χ2v) is 6.52. The van der Waals surface area contributed by atoms with Gasteiger partial charge in [0, 0.05) is 0 Å². The number of thioether (sulfide) groups is 2. The van der Waals surface area contributed by atoms with Gasteiger partial charge in [0.15, 0.2) is 15.1 Å². The van der Waals surface area contributed by atoms with Crippen LogP contribution in [0.4, 0.5) is 0 Å². The van der Waals surface area contributed by atoms with E-state index in [0.717, 1.165) is 14.7 Å². The summed E-state index contributed by atoms with van der Waals surface area (Å²) in [7, 11) is 0. The largest absolute Gasteiger partial charge is 0.465 e. The van der Waals surface area contributed by atoms with E-state index in [0.29, 0.717) is 17.4 Å². The van der Waals surface area contributed by atoms with Crippen molar-refractivity contribution in [2.75, 3.05) is 18.6 Å². The highest BCUT2D eigenvalue weighted by Crippen LogP contribution is 2.30. The van der Waals surface area contributed by atoms with Crippen molar-refractivity contribution < 1.29 is 9.53 Å². The van der Waals surface area contributed by atoms with Crippen LogP contribution >= 0.6 is 34.9 Å². The molecule has 0 aliphatic carbocycles. The lowest BCUT2D eigenvalue weighted by atomic mass is 10.4. The first-order valence-corrected chi connectivity index (χ1v) is 8.64. The lowest BCUT2D eigenvalue weighted by Crippen LogP contribution is -2.07. The fourth-order valence-electron chi connectivity index (χ4n) is 1.39. The molecule has 0 bridgehead atoms. The van der Waals surface area contributed by atoms with Crippen LogP contribution in [0.3, 0.4) is 0 Å². The zero-order valence-corrected chi connectivity index (χ0v) is 13.2. The topological polar surface area (TPSA) is 65.0 Å². The van der Waals surface area contributed by atoms with Crippen LogP contribution in [0.2, 0.25) is 0 Å². The minimum Gasteiger partial charge on any atom is -0.465 e. The molecule has 0 saturated heterocycles. The molecule has 5 nitrogen and oxygen atoms in total. The third kappa shape index (κ3) is 3.58. The van der Waals surface area contributed by atoms with E-state index in [1.807, 2.05) is 13.2 Å². The third-order valence-corrected chi connectivity index (χ3v) is 5.14. The molecule has 8 heteroatoms. The molecule has 0 atom stereocenters. The summed E-state index contributed by atoms with van der Waals surface area (Å²) in [4.78, 5) is 24.5. The summed E-state index contributed by atoms with van der Waals surface area (Å²) in [6.45, 7) is 4.11. The Labute approximate surface area is 123 Å². The number of carbonyl (C=O) groups is 1. The van der Waals surface area contributed by atoms with Crippen LogP contribution in [0, 0.1) is 6.92 Å². The van der Waals surface area contributed by atoms with Crippen LogP contribution in [0.25, 0.3) is 10.3 Å². The number of thiazole rings is 1. The molecule has 0 N–H and O–H groups in total. The number of nitrogens with zero attached hydrogens (tertiary/aromatic N) is 3. The fourth-order valence-corrected chi connectivity index (χ4v) is 3.52. The molecule has 2 heterocycles. The van der Waals surface area contributed by atoms with Gasteiger partial charge in [-0.3, -0.25) is 4.79 Å². The fraction of sp³-hybridized carbons (Fsp3) is 0.455. The predicted octanol–water partition coefficient (Wildman–Crippen LogP) is 2.77. The SMILES string of the molecule is CCOC(=O)CSc1nc(C)c2sc(SC)nc2n1. The monoisotopic (exact) mass is 315 g/mol. The van der Waals surface area contributed by atoms with E-state index in [4.69, 9.17) is 4.74 Å². The van der Waals surface area contributed by atoms with Gasteiger partial charge in [-0.25, -0.2) is 15.0 Å². The number of aromatic nitrogens is 3. The van der Waals surface area contributed by atoms with E-state index in [9.17, 15) is 4.79 Å². The second-order valence-electron chi connectivity index (χ2n) is 3.52. The van der Waals surface area contributed by atoms with Gasteiger partial charge in [0.1, 0.15) is 0 Å². The molecule has 0 aliphatic rings. The highest BCUT2D eigenvalue weighted by molar-refractivity contribution is 8.00. The summed E-state index contributed by atoms with van der Waals surface area (Å²) in [5.74, 6) is -0.0323. The second kappa shape index (κ2) is 6.53. The lowest BCUT2D eigenvalue weighted by molar-refractivity contribution is -0.139. The van der Waals surface area contributed by atoms with Crippen LogP contribution in [0.15, 0.2) is 9.50 Å². The van der Waals surface area contributed by atoms with Crippen molar-refractivity contribution in [2.45, 2.75) is 23.3 Å². The van der Waals surface area contributed by atoms with Gasteiger partial charge in [-0.15, -0.1) is 11.3 Å². The standard InChI is InChI=1S/C11H13N3O2S3/c1-4-16-7(15)5-18-10-12-6(2)8-9(13-10)14-11(17-3)19-8/h4-5H2,1-3H3. The molecular formula is C11H13N3O2S3. The van der Waals surface area contributed by atoms with E-state index in [1.165, 1.54) is 11.8 Å². The van der Waals surface area contributed by atoms with E-state index in [1.54, 1.807) is 30.0 Å². The highest BCUT2D eigenvalue weighted by Gasteiger charge is 2.12. The molecule has 0 radical (unpaired) electrons. The Morgan fingerprint density at radius 2 is 2.16 bits per heavy atom. The van der Waals surface area contributed by atoms with Crippen molar-refractivity contribution in [1.29, 1.82) is 0 Å². The number of rotatable bonds is 5. The van der Waals surface area contributed by atoms with Crippen molar-refractivity contribution in [3.05, 3.63) is 5.69 Å². The minimum absolute atomic E-state index is 0.221. The Hall–Kier alpha value is -0.860. The van der Waals surface area contributed by atoms with E-state index in [-0.39, 0.29) is 11.7 Å². The van der Waals surface area contributed by atoms with Crippen LogP contribution in [0.5, 0.6) is 0 Å². The molecule has 2 aromatic heterocycles. The van der Waals surface area contributed by atoms with E-state index < -0.39 is 0 Å². The van der Waals surface area contributed by atoms with E-state index >= 15 is 0 Å². The first-order chi connectivity index (χ1) is 9.13. The summed E-state index contributed by atoms with van der Waals surface area (Å²) in [5.41, 5.74) is 1.60. The van der Waals surface area contributed by atoms with Gasteiger partial charge < -0.3 is 4.74 Å². The molecule has 0 aromatic carbocycles. The van der Waals surface area contributed by atoms with Gasteiger partial charge in [0.2, 0.25) is 0 Å². The highest BCUT2D eigenvalue weighted by atomic mass is 32.2. The molecule has 0 fully saturated rings. The maximum atomic E-state index is 11.3. The molecular weight excluding hydrogens is 302 g/mol. The Balaban J connectivity index is 2.18. The quantitative estimate of drug-likeness (QED) is 0.477. The van der Waals surface area contributed by atoms with E-state index in [2.05, 4.69) is 15.0 Å². The van der Waals surface area contributed by atoms with Crippen LogP contribution < -0.4 is 0 Å². The van der Waals surface area contributed by atoms with Crippen LogP contribution in [0.1, 0.15) is 12.6 Å². The van der Waals surface area contributed by atoms with Crippen LogP contribution in [-0.2, 0) is 9.53 Å². The number of hydrogen-bond donors (Lipinski definition) is 0. The molecule has 0 unspecified atom stereocenters. The summed E-state index contributed by atoms with van der Waals surface area (Å²) in [6, 6.07) is 0. The number of fused-ring (bicyclic) bond motifs is 1. The van der Waals surface area contributed by atoms with Gasteiger partial charge in [0.25, 0.3) is 0 Å². The molecule has 0 spiro atoms. The molecule has 0 amide bonds. The summed E-state index contributed by atoms with van der Waals surface area (Å²) < 4.78 is 6.85. The summed E-state index contributed by atoms with van der Waals surface area (Å²) >= 11 is 4.46. The van der Waals surface area contributed by atoms with Gasteiger partial charge in [0.05, 0.1) is 22.8 Å². The van der Waals surface area contributed by atoms with Gasteiger partial charge >= 0.3 is 5.97 Å². The predicted molar refractivity (Wildman–Crippen MR) is 79.1 cm³/mol. The third-order valence-electron chi connectivity index (χ3n) is 2.18. The Bertz CT molecular complexity index is 600. The van der Waals surface area contributed by atoms with Crippen molar-refractivity contribution in [3.63, 3.8) is 0 Å². The summed E-state index contributed by atoms with van der Waals surface area (Å²) in [5, 5.41) is 0.566. The number of hydrogen-bond acceptors (Lipinski definition) is 8. The number of aryl methyl sites for hydroxylation is 1. The lowest BCUT2D eigenvalue weighted by Gasteiger charge is -2.02. The van der Waals surface area contributed by atoms with Crippen molar-refractivity contribution >= 4 is 51.2 Å². The van der Waals surface area contributed by atoms with Gasteiger partial charge in [-0.2, -0.15) is 0 Å². The Kier molecular flexibility index (Phi) is 5.00. The van der Waals surface area contributed by atoms with Gasteiger partial charge in [-0.1, -0.05) is 23.5 Å². The van der Waals surface area contributed by atoms with Crippen LogP contribution in [-0.4, -0.2) is 39.5 Å². The number of esters is 1. The molecule has 2 rings (SSSR count). The zero-order chi connectivity index (χ0) is 13.8. The maximum Gasteiger partial charge on any atom is 0.316 e. The zero-order valence-electron chi connectivity index (χ0n) is 10.8. The average Bonchev–Trinajstić information content (AvgIpc) is 2.80. The van der Waals surface area contributed by atoms with Crippen molar-refractivity contribution in [2.24, 2.45) is 0 Å². The molecule has 102 valence electrons. The first kappa shape index (κ1) is 14.5. The minimum atomic E-state index is -0.253. The van der Waals surface area contributed by atoms with Crippen molar-refractivity contribution in [3.8, 4) is 0 Å². The first-order valence-electron chi connectivity index (χ1n) is 5.61. The molecule has 2 aromatic rings. The average molecular weight is 315 g/mol. The summed E-state index contributed by atoms with van der Waals surface area (Å²) in [6.07, 6.45) is 1.98. The smallest absolute Gasteiger partial charge is 0.316 e.